The minimum Gasteiger partial charge on any atom is -0.480 e. The molecule has 2 aromatic heterocycles. The largest absolute Gasteiger partial charge is 0.480 e. The van der Waals surface area contributed by atoms with E-state index in [0.29, 0.717) is 6.54 Å². The Balaban J connectivity index is 1.82. The first kappa shape index (κ1) is 20.9. The molecule has 154 valence electrons. The number of benzene rings is 1. The number of nitrogens with zero attached hydrogens (tertiary/aromatic N) is 4. The summed E-state index contributed by atoms with van der Waals surface area (Å²) in [4.78, 5) is 20.0. The topological polar surface area (TPSA) is 105 Å². The Bertz CT molecular complexity index is 1110. The van der Waals surface area contributed by atoms with Gasteiger partial charge in [-0.15, -0.1) is 0 Å². The second-order valence-electron chi connectivity index (χ2n) is 7.39. The number of carboxylic acid groups (broad SMARTS) is 1. The Hall–Kier alpha value is -2.78. The highest BCUT2D eigenvalue weighted by Gasteiger charge is 2.33. The number of hydrogen-bond acceptors (Lipinski definition) is 5. The fourth-order valence-corrected chi connectivity index (χ4v) is 4.51. The van der Waals surface area contributed by atoms with Gasteiger partial charge in [0.05, 0.1) is 22.9 Å². The molecule has 0 radical (unpaired) electrons. The molecule has 9 heteroatoms. The highest BCUT2D eigenvalue weighted by atomic mass is 32.2. The molecule has 0 spiro atoms. The van der Waals surface area contributed by atoms with Crippen molar-refractivity contribution in [3.63, 3.8) is 0 Å². The number of aromatic nitrogens is 3. The van der Waals surface area contributed by atoms with Gasteiger partial charge in [-0.1, -0.05) is 26.0 Å². The summed E-state index contributed by atoms with van der Waals surface area (Å²) in [6.07, 6.45) is 5.34. The van der Waals surface area contributed by atoms with Crippen molar-refractivity contribution in [2.75, 3.05) is 7.05 Å². The smallest absolute Gasteiger partial charge is 0.322 e. The van der Waals surface area contributed by atoms with Crippen molar-refractivity contribution in [1.29, 1.82) is 0 Å². The van der Waals surface area contributed by atoms with E-state index in [9.17, 15) is 18.3 Å². The fourth-order valence-electron chi connectivity index (χ4n) is 3.19. The number of carboxylic acids is 1. The van der Waals surface area contributed by atoms with Crippen molar-refractivity contribution >= 4 is 27.0 Å². The van der Waals surface area contributed by atoms with Crippen LogP contribution in [0.1, 0.15) is 25.8 Å². The zero-order valence-electron chi connectivity index (χ0n) is 16.6. The SMILES string of the molecule is CC(C)C[C@@H](C(=O)O)N(C)S(=O)(=O)c1ccc(Cn2cnc3cnccc32)cc1. The number of imidazole rings is 1. The maximum atomic E-state index is 12.9. The molecule has 29 heavy (non-hydrogen) atoms. The molecule has 1 atom stereocenters. The van der Waals surface area contributed by atoms with E-state index in [-0.39, 0.29) is 17.2 Å². The molecular weight excluding hydrogens is 392 g/mol. The number of sulfonamides is 1. The van der Waals surface area contributed by atoms with E-state index in [1.54, 1.807) is 30.9 Å². The van der Waals surface area contributed by atoms with Gasteiger partial charge < -0.3 is 9.67 Å². The minimum atomic E-state index is -3.92. The highest BCUT2D eigenvalue weighted by Crippen LogP contribution is 2.22. The average Bonchev–Trinajstić information content (AvgIpc) is 3.08. The summed E-state index contributed by atoms with van der Waals surface area (Å²) in [7, 11) is -2.60. The molecule has 1 N–H and O–H groups in total. The Morgan fingerprint density at radius 3 is 2.52 bits per heavy atom. The van der Waals surface area contributed by atoms with Crippen LogP contribution in [0.2, 0.25) is 0 Å². The number of fused-ring (bicyclic) bond motifs is 1. The third kappa shape index (κ3) is 4.46. The van der Waals surface area contributed by atoms with Crippen molar-refractivity contribution in [1.82, 2.24) is 18.8 Å². The molecule has 0 bridgehead atoms. The Morgan fingerprint density at radius 1 is 1.21 bits per heavy atom. The van der Waals surface area contributed by atoms with Crippen LogP contribution in [0.15, 0.2) is 53.9 Å². The lowest BCUT2D eigenvalue weighted by molar-refractivity contribution is -0.141. The maximum absolute atomic E-state index is 12.9. The van der Waals surface area contributed by atoms with E-state index in [0.717, 1.165) is 20.9 Å². The molecule has 2 heterocycles. The summed E-state index contributed by atoms with van der Waals surface area (Å²) in [6.45, 7) is 4.25. The van der Waals surface area contributed by atoms with Crippen LogP contribution < -0.4 is 0 Å². The zero-order chi connectivity index (χ0) is 21.2. The van der Waals surface area contributed by atoms with E-state index in [2.05, 4.69) is 9.97 Å². The summed E-state index contributed by atoms with van der Waals surface area (Å²) in [5.41, 5.74) is 2.63. The van der Waals surface area contributed by atoms with Gasteiger partial charge in [0.25, 0.3) is 0 Å². The molecule has 3 rings (SSSR count). The van der Waals surface area contributed by atoms with Crippen molar-refractivity contribution in [3.8, 4) is 0 Å². The lowest BCUT2D eigenvalue weighted by Gasteiger charge is -2.25. The normalized spacial score (nSPS) is 13.3. The summed E-state index contributed by atoms with van der Waals surface area (Å²) >= 11 is 0. The summed E-state index contributed by atoms with van der Waals surface area (Å²) in [6, 6.07) is 7.24. The fraction of sp³-hybridized carbons (Fsp3) is 0.350. The number of likely N-dealkylation sites (N-methyl/N-ethyl adjacent to an activating group) is 1. The third-order valence-corrected chi connectivity index (χ3v) is 6.68. The van der Waals surface area contributed by atoms with Crippen LogP contribution in [0.4, 0.5) is 0 Å². The van der Waals surface area contributed by atoms with Gasteiger partial charge in [0.2, 0.25) is 10.0 Å². The standard InChI is InChI=1S/C20H24N4O4S/c1-14(2)10-19(20(25)26)23(3)29(27,28)16-6-4-15(5-7-16)12-24-13-22-17-11-21-9-8-18(17)24/h4-9,11,13-14,19H,10,12H2,1-3H3,(H,25,26)/t19-/m0/s1. The Morgan fingerprint density at radius 2 is 1.90 bits per heavy atom. The first-order chi connectivity index (χ1) is 13.7. The van der Waals surface area contributed by atoms with E-state index in [1.807, 2.05) is 24.5 Å². The number of aliphatic carboxylic acids is 1. The molecule has 0 saturated carbocycles. The molecule has 0 aliphatic carbocycles. The van der Waals surface area contributed by atoms with Gasteiger partial charge in [-0.3, -0.25) is 9.78 Å². The van der Waals surface area contributed by atoms with Gasteiger partial charge in [0.15, 0.2) is 0 Å². The van der Waals surface area contributed by atoms with Crippen molar-refractivity contribution in [3.05, 3.63) is 54.6 Å². The van der Waals surface area contributed by atoms with Crippen LogP contribution >= 0.6 is 0 Å². The van der Waals surface area contributed by atoms with Crippen molar-refractivity contribution < 1.29 is 18.3 Å². The van der Waals surface area contributed by atoms with Crippen LogP contribution in [-0.2, 0) is 21.4 Å². The predicted molar refractivity (Wildman–Crippen MR) is 109 cm³/mol. The molecule has 8 nitrogen and oxygen atoms in total. The maximum Gasteiger partial charge on any atom is 0.322 e. The molecule has 0 aliphatic heterocycles. The van der Waals surface area contributed by atoms with E-state index < -0.39 is 22.0 Å². The third-order valence-electron chi connectivity index (χ3n) is 4.80. The second-order valence-corrected chi connectivity index (χ2v) is 9.38. The lowest BCUT2D eigenvalue weighted by Crippen LogP contribution is -2.43. The first-order valence-electron chi connectivity index (χ1n) is 9.24. The van der Waals surface area contributed by atoms with Crippen LogP contribution in [0.3, 0.4) is 0 Å². The van der Waals surface area contributed by atoms with Gasteiger partial charge in [-0.2, -0.15) is 4.31 Å². The molecule has 0 fully saturated rings. The molecule has 0 aliphatic rings. The molecule has 0 amide bonds. The predicted octanol–water partition coefficient (Wildman–Crippen LogP) is 2.60. The Labute approximate surface area is 169 Å². The number of hydrogen-bond donors (Lipinski definition) is 1. The van der Waals surface area contributed by atoms with Gasteiger partial charge >= 0.3 is 5.97 Å². The van der Waals surface area contributed by atoms with Crippen molar-refractivity contribution in [2.24, 2.45) is 5.92 Å². The molecule has 3 aromatic rings. The summed E-state index contributed by atoms with van der Waals surface area (Å²) < 4.78 is 28.7. The van der Waals surface area contributed by atoms with E-state index in [1.165, 1.54) is 19.2 Å². The van der Waals surface area contributed by atoms with Gasteiger partial charge in [-0.05, 0) is 36.1 Å². The average molecular weight is 417 g/mol. The number of pyridine rings is 1. The van der Waals surface area contributed by atoms with Crippen LogP contribution in [0.5, 0.6) is 0 Å². The zero-order valence-corrected chi connectivity index (χ0v) is 17.4. The quantitative estimate of drug-likeness (QED) is 0.605. The van der Waals surface area contributed by atoms with Gasteiger partial charge in [0, 0.05) is 19.8 Å². The van der Waals surface area contributed by atoms with Gasteiger partial charge in [-0.25, -0.2) is 13.4 Å². The van der Waals surface area contributed by atoms with Crippen LogP contribution in [0.25, 0.3) is 11.0 Å². The minimum absolute atomic E-state index is 0.0522. The number of carbonyl (C=O) groups is 1. The molecule has 0 saturated heterocycles. The summed E-state index contributed by atoms with van der Waals surface area (Å²) in [5, 5.41) is 9.46. The molecule has 0 unspecified atom stereocenters. The van der Waals surface area contributed by atoms with E-state index >= 15 is 0 Å². The second kappa shape index (κ2) is 8.30. The lowest BCUT2D eigenvalue weighted by atomic mass is 10.0. The van der Waals surface area contributed by atoms with Crippen LogP contribution in [0, 0.1) is 5.92 Å². The van der Waals surface area contributed by atoms with Crippen molar-refractivity contribution in [2.45, 2.75) is 37.8 Å². The van der Waals surface area contributed by atoms with Crippen LogP contribution in [-0.4, -0.2) is 51.4 Å². The Kier molecular flexibility index (Phi) is 5.99. The molecule has 1 aromatic carbocycles. The number of rotatable bonds is 8. The molecular formula is C20H24N4O4S. The van der Waals surface area contributed by atoms with E-state index in [4.69, 9.17) is 0 Å². The summed E-state index contributed by atoms with van der Waals surface area (Å²) in [5.74, 6) is -1.10. The monoisotopic (exact) mass is 416 g/mol. The van der Waals surface area contributed by atoms with Gasteiger partial charge in [0.1, 0.15) is 11.6 Å². The highest BCUT2D eigenvalue weighted by molar-refractivity contribution is 7.89. The first-order valence-corrected chi connectivity index (χ1v) is 10.7.